The van der Waals surface area contributed by atoms with Crippen LogP contribution in [0.3, 0.4) is 0 Å². The van der Waals surface area contributed by atoms with E-state index in [0.717, 1.165) is 11.1 Å². The molecule has 6 heteroatoms. The summed E-state index contributed by atoms with van der Waals surface area (Å²) in [6.07, 6.45) is -0.0361. The molecule has 1 aliphatic rings. The average Bonchev–Trinajstić information content (AvgIpc) is 2.42. The third-order valence-corrected chi connectivity index (χ3v) is 3.13. The molecule has 3 rings (SSSR count). The van der Waals surface area contributed by atoms with E-state index in [1.807, 2.05) is 31.2 Å². The summed E-state index contributed by atoms with van der Waals surface area (Å²) in [7, 11) is 0. The van der Waals surface area contributed by atoms with E-state index in [9.17, 15) is 4.79 Å². The fraction of sp³-hybridized carbons (Fsp3) is 0.267. The predicted octanol–water partition coefficient (Wildman–Crippen LogP) is 1.33. The summed E-state index contributed by atoms with van der Waals surface area (Å²) in [5.41, 5.74) is 7.36. The number of ether oxygens (including phenoxy) is 2. The molecule has 1 aliphatic heterocycles. The molecular formula is C15H15N3O3. The lowest BCUT2D eigenvalue weighted by atomic mass is 10.1. The summed E-state index contributed by atoms with van der Waals surface area (Å²) in [6, 6.07) is 9.16. The molecule has 21 heavy (non-hydrogen) atoms. The number of amides is 1. The monoisotopic (exact) mass is 285 g/mol. The molecule has 0 atom stereocenters. The van der Waals surface area contributed by atoms with Crippen LogP contribution in [0.25, 0.3) is 11.4 Å². The molecule has 2 heterocycles. The van der Waals surface area contributed by atoms with E-state index in [4.69, 9.17) is 15.2 Å². The number of aromatic nitrogens is 2. The van der Waals surface area contributed by atoms with Crippen molar-refractivity contribution in [3.05, 3.63) is 41.6 Å². The molecule has 2 N–H and O–H groups in total. The number of benzene rings is 1. The van der Waals surface area contributed by atoms with Gasteiger partial charge in [0.05, 0.1) is 13.2 Å². The van der Waals surface area contributed by atoms with E-state index in [0.29, 0.717) is 24.9 Å². The maximum absolute atomic E-state index is 11.4. The van der Waals surface area contributed by atoms with Gasteiger partial charge >= 0.3 is 0 Å². The number of primary amides is 1. The van der Waals surface area contributed by atoms with Gasteiger partial charge in [0.1, 0.15) is 11.8 Å². The van der Waals surface area contributed by atoms with Crippen LogP contribution in [-0.2, 0) is 4.74 Å². The number of rotatable bonds is 4. The quantitative estimate of drug-likeness (QED) is 0.915. The standard InChI is InChI=1S/C15H15N3O3/c1-9-3-2-4-10(5-9)15-17-12(14(16)19)6-13(18-15)21-11-7-20-8-11/h2-6,11H,7-8H2,1H3,(H2,16,19). The summed E-state index contributed by atoms with van der Waals surface area (Å²) in [6.45, 7) is 3.02. The van der Waals surface area contributed by atoms with E-state index < -0.39 is 5.91 Å². The van der Waals surface area contributed by atoms with Crippen LogP contribution in [0, 0.1) is 6.92 Å². The van der Waals surface area contributed by atoms with Crippen molar-refractivity contribution in [3.63, 3.8) is 0 Å². The summed E-state index contributed by atoms with van der Waals surface area (Å²) < 4.78 is 10.7. The first-order valence-corrected chi connectivity index (χ1v) is 6.62. The molecule has 0 bridgehead atoms. The lowest BCUT2D eigenvalue weighted by Crippen LogP contribution is -2.38. The van der Waals surface area contributed by atoms with Crippen LogP contribution in [0.5, 0.6) is 5.88 Å². The van der Waals surface area contributed by atoms with Crippen LogP contribution in [0.1, 0.15) is 16.1 Å². The Bertz CT molecular complexity index is 684. The van der Waals surface area contributed by atoms with Gasteiger partial charge < -0.3 is 15.2 Å². The van der Waals surface area contributed by atoms with E-state index >= 15 is 0 Å². The largest absolute Gasteiger partial charge is 0.469 e. The summed E-state index contributed by atoms with van der Waals surface area (Å²) in [4.78, 5) is 20.0. The second-order valence-corrected chi connectivity index (χ2v) is 4.93. The first-order valence-electron chi connectivity index (χ1n) is 6.62. The number of hydrogen-bond acceptors (Lipinski definition) is 5. The fourth-order valence-corrected chi connectivity index (χ4v) is 1.98. The average molecular weight is 285 g/mol. The van der Waals surface area contributed by atoms with Crippen molar-refractivity contribution in [2.45, 2.75) is 13.0 Å². The zero-order valence-corrected chi connectivity index (χ0v) is 11.6. The molecule has 1 aromatic carbocycles. The van der Waals surface area contributed by atoms with Crippen LogP contribution in [-0.4, -0.2) is 35.2 Å². The Morgan fingerprint density at radius 2 is 2.14 bits per heavy atom. The maximum Gasteiger partial charge on any atom is 0.267 e. The second-order valence-electron chi connectivity index (χ2n) is 4.93. The Kier molecular flexibility index (Phi) is 3.53. The molecule has 6 nitrogen and oxygen atoms in total. The van der Waals surface area contributed by atoms with Crippen molar-refractivity contribution in [1.29, 1.82) is 0 Å². The van der Waals surface area contributed by atoms with Crippen LogP contribution in [0.15, 0.2) is 30.3 Å². The molecule has 1 saturated heterocycles. The first kappa shape index (κ1) is 13.5. The normalized spacial score (nSPS) is 14.5. The van der Waals surface area contributed by atoms with E-state index in [2.05, 4.69) is 9.97 Å². The number of hydrogen-bond donors (Lipinski definition) is 1. The molecule has 0 radical (unpaired) electrons. The molecule has 1 fully saturated rings. The summed E-state index contributed by atoms with van der Waals surface area (Å²) in [5.74, 6) is 0.148. The lowest BCUT2D eigenvalue weighted by Gasteiger charge is -2.26. The number of nitrogens with two attached hydrogens (primary N) is 1. The topological polar surface area (TPSA) is 87.3 Å². The van der Waals surface area contributed by atoms with Gasteiger partial charge in [-0.15, -0.1) is 0 Å². The van der Waals surface area contributed by atoms with Crippen LogP contribution >= 0.6 is 0 Å². The van der Waals surface area contributed by atoms with Crippen LogP contribution in [0.2, 0.25) is 0 Å². The van der Waals surface area contributed by atoms with Crippen molar-refractivity contribution in [1.82, 2.24) is 9.97 Å². The highest BCUT2D eigenvalue weighted by Gasteiger charge is 2.22. The molecule has 1 amide bonds. The SMILES string of the molecule is Cc1cccc(-c2nc(OC3COC3)cc(C(N)=O)n2)c1. The minimum atomic E-state index is -0.610. The van der Waals surface area contributed by atoms with Gasteiger partial charge in [0, 0.05) is 11.6 Å². The van der Waals surface area contributed by atoms with Gasteiger partial charge in [-0.05, 0) is 13.0 Å². The van der Waals surface area contributed by atoms with Crippen LogP contribution < -0.4 is 10.5 Å². The van der Waals surface area contributed by atoms with E-state index in [1.54, 1.807) is 0 Å². The number of carbonyl (C=O) groups is 1. The van der Waals surface area contributed by atoms with Crippen molar-refractivity contribution in [2.24, 2.45) is 5.73 Å². The Labute approximate surface area is 121 Å². The molecule has 0 spiro atoms. The highest BCUT2D eigenvalue weighted by atomic mass is 16.6. The van der Waals surface area contributed by atoms with Crippen LogP contribution in [0.4, 0.5) is 0 Å². The number of nitrogens with zero attached hydrogens (tertiary/aromatic N) is 2. The first-order chi connectivity index (χ1) is 10.1. The Hall–Kier alpha value is -2.47. The molecule has 108 valence electrons. The number of carbonyl (C=O) groups excluding carboxylic acids is 1. The molecule has 2 aromatic rings. The molecule has 0 aliphatic carbocycles. The van der Waals surface area contributed by atoms with Crippen molar-refractivity contribution in [2.75, 3.05) is 13.2 Å². The van der Waals surface area contributed by atoms with Gasteiger partial charge in [0.25, 0.3) is 5.91 Å². The third kappa shape index (κ3) is 3.00. The molecule has 1 aromatic heterocycles. The van der Waals surface area contributed by atoms with E-state index in [1.165, 1.54) is 6.07 Å². The highest BCUT2D eigenvalue weighted by molar-refractivity contribution is 5.91. The number of aryl methyl sites for hydroxylation is 1. The highest BCUT2D eigenvalue weighted by Crippen LogP contribution is 2.21. The maximum atomic E-state index is 11.4. The fourth-order valence-electron chi connectivity index (χ4n) is 1.98. The Balaban J connectivity index is 1.99. The van der Waals surface area contributed by atoms with Gasteiger partial charge in [-0.1, -0.05) is 23.8 Å². The zero-order chi connectivity index (χ0) is 14.8. The lowest BCUT2D eigenvalue weighted by molar-refractivity contribution is -0.0813. The Morgan fingerprint density at radius 1 is 1.33 bits per heavy atom. The van der Waals surface area contributed by atoms with Gasteiger partial charge in [-0.2, -0.15) is 4.98 Å². The van der Waals surface area contributed by atoms with Gasteiger partial charge in [0.15, 0.2) is 5.82 Å². The van der Waals surface area contributed by atoms with Crippen molar-refractivity contribution >= 4 is 5.91 Å². The zero-order valence-electron chi connectivity index (χ0n) is 11.6. The summed E-state index contributed by atoms with van der Waals surface area (Å²) >= 11 is 0. The minimum absolute atomic E-state index is 0.0361. The van der Waals surface area contributed by atoms with Gasteiger partial charge in [0.2, 0.25) is 5.88 Å². The van der Waals surface area contributed by atoms with Crippen molar-refractivity contribution in [3.8, 4) is 17.3 Å². The summed E-state index contributed by atoms with van der Waals surface area (Å²) in [5, 5.41) is 0. The van der Waals surface area contributed by atoms with Gasteiger partial charge in [-0.3, -0.25) is 4.79 Å². The smallest absolute Gasteiger partial charge is 0.267 e. The second kappa shape index (κ2) is 5.49. The van der Waals surface area contributed by atoms with Crippen molar-refractivity contribution < 1.29 is 14.3 Å². The van der Waals surface area contributed by atoms with E-state index in [-0.39, 0.29) is 11.8 Å². The Morgan fingerprint density at radius 3 is 2.76 bits per heavy atom. The molecular weight excluding hydrogens is 270 g/mol. The van der Waals surface area contributed by atoms with Gasteiger partial charge in [-0.25, -0.2) is 4.98 Å². The molecule has 0 unspecified atom stereocenters. The third-order valence-electron chi connectivity index (χ3n) is 3.13. The minimum Gasteiger partial charge on any atom is -0.469 e. The molecule has 0 saturated carbocycles. The predicted molar refractivity (Wildman–Crippen MR) is 76.0 cm³/mol.